The molecule has 24 heavy (non-hydrogen) atoms. The van der Waals surface area contributed by atoms with Crippen molar-refractivity contribution in [2.45, 2.75) is 58.1 Å². The van der Waals surface area contributed by atoms with E-state index in [4.69, 9.17) is 0 Å². The number of rotatable bonds is 7. The minimum atomic E-state index is -2.94. The summed E-state index contributed by atoms with van der Waals surface area (Å²) in [5.74, 6) is 1.10. The van der Waals surface area contributed by atoms with Gasteiger partial charge in [0.15, 0.2) is 9.84 Å². The van der Waals surface area contributed by atoms with Crippen molar-refractivity contribution in [2.75, 3.05) is 12.3 Å². The van der Waals surface area contributed by atoms with Crippen molar-refractivity contribution in [1.29, 1.82) is 0 Å². The van der Waals surface area contributed by atoms with Crippen molar-refractivity contribution in [3.05, 3.63) is 10.6 Å². The van der Waals surface area contributed by atoms with Crippen molar-refractivity contribution in [3.63, 3.8) is 0 Å². The molecule has 0 aromatic carbocycles. The van der Waals surface area contributed by atoms with E-state index in [1.807, 2.05) is 0 Å². The largest absolute Gasteiger partial charge is 0.351 e. The number of nitrogens with zero attached hydrogens (tertiary/aromatic N) is 2. The zero-order chi connectivity index (χ0) is 17.7. The van der Waals surface area contributed by atoms with Crippen molar-refractivity contribution in [3.8, 4) is 0 Å². The second kappa shape index (κ2) is 8.38. The Morgan fingerprint density at radius 1 is 1.25 bits per heavy atom. The SMILES string of the molecule is Cc1nnsc1C(=O)NCCC1CCC(CS(=O)(=O)C(C)C)CC1. The van der Waals surface area contributed by atoms with Gasteiger partial charge in [-0.25, -0.2) is 8.42 Å². The molecule has 8 heteroatoms. The van der Waals surface area contributed by atoms with Crippen LogP contribution in [0.5, 0.6) is 0 Å². The van der Waals surface area contributed by atoms with Crippen molar-refractivity contribution in [1.82, 2.24) is 14.9 Å². The summed E-state index contributed by atoms with van der Waals surface area (Å²) in [6, 6.07) is 0. The van der Waals surface area contributed by atoms with E-state index < -0.39 is 9.84 Å². The van der Waals surface area contributed by atoms with Crippen LogP contribution in [-0.4, -0.2) is 41.5 Å². The molecule has 6 nitrogen and oxygen atoms in total. The van der Waals surface area contributed by atoms with Crippen LogP contribution < -0.4 is 5.32 Å². The Balaban J connectivity index is 1.68. The van der Waals surface area contributed by atoms with Crippen LogP contribution >= 0.6 is 11.5 Å². The van der Waals surface area contributed by atoms with E-state index in [1.54, 1.807) is 20.8 Å². The highest BCUT2D eigenvalue weighted by molar-refractivity contribution is 7.91. The van der Waals surface area contributed by atoms with E-state index in [1.165, 1.54) is 0 Å². The summed E-state index contributed by atoms with van der Waals surface area (Å²) in [4.78, 5) is 12.6. The summed E-state index contributed by atoms with van der Waals surface area (Å²) in [6.07, 6.45) is 5.00. The lowest BCUT2D eigenvalue weighted by atomic mass is 9.81. The van der Waals surface area contributed by atoms with Crippen LogP contribution in [-0.2, 0) is 9.84 Å². The van der Waals surface area contributed by atoms with E-state index in [9.17, 15) is 13.2 Å². The Kier molecular flexibility index (Phi) is 6.74. The number of amides is 1. The molecule has 0 unspecified atom stereocenters. The average Bonchev–Trinajstić information content (AvgIpc) is 2.94. The average molecular weight is 374 g/mol. The minimum absolute atomic E-state index is 0.0980. The van der Waals surface area contributed by atoms with Gasteiger partial charge in [0, 0.05) is 6.54 Å². The molecule has 0 aliphatic heterocycles. The third kappa shape index (κ3) is 5.24. The maximum Gasteiger partial charge on any atom is 0.264 e. The first kappa shape index (κ1) is 19.3. The third-order valence-corrected chi connectivity index (χ3v) is 8.05. The lowest BCUT2D eigenvalue weighted by molar-refractivity contribution is 0.0953. The molecular formula is C16H27N3O3S2. The number of hydrogen-bond donors (Lipinski definition) is 1. The molecule has 1 heterocycles. The summed E-state index contributed by atoms with van der Waals surface area (Å²) < 4.78 is 27.8. The predicted octanol–water partition coefficient (Wildman–Crippen LogP) is 2.60. The Hall–Kier alpha value is -1.02. The first-order valence-electron chi connectivity index (χ1n) is 8.58. The van der Waals surface area contributed by atoms with E-state index in [-0.39, 0.29) is 11.2 Å². The molecule has 1 amide bonds. The Morgan fingerprint density at radius 2 is 1.88 bits per heavy atom. The van der Waals surface area contributed by atoms with Gasteiger partial charge in [0.25, 0.3) is 5.91 Å². The topological polar surface area (TPSA) is 89.0 Å². The molecule has 1 aromatic heterocycles. The van der Waals surface area contributed by atoms with E-state index in [0.29, 0.717) is 34.7 Å². The van der Waals surface area contributed by atoms with Crippen LogP contribution in [0.15, 0.2) is 0 Å². The summed E-state index contributed by atoms with van der Waals surface area (Å²) in [5, 5.41) is 6.49. The third-order valence-electron chi connectivity index (χ3n) is 4.85. The number of hydrogen-bond acceptors (Lipinski definition) is 6. The van der Waals surface area contributed by atoms with Crippen LogP contribution in [0, 0.1) is 18.8 Å². The first-order valence-corrected chi connectivity index (χ1v) is 11.1. The molecule has 1 aliphatic rings. The van der Waals surface area contributed by atoms with Gasteiger partial charge >= 0.3 is 0 Å². The fourth-order valence-electron chi connectivity index (χ4n) is 3.12. The molecule has 0 bridgehead atoms. The first-order chi connectivity index (χ1) is 11.3. The van der Waals surface area contributed by atoms with Gasteiger partial charge in [-0.1, -0.05) is 17.3 Å². The highest BCUT2D eigenvalue weighted by Gasteiger charge is 2.27. The molecule has 1 N–H and O–H groups in total. The van der Waals surface area contributed by atoms with Crippen LogP contribution in [0.25, 0.3) is 0 Å². The number of sulfone groups is 1. The minimum Gasteiger partial charge on any atom is -0.351 e. The summed E-state index contributed by atoms with van der Waals surface area (Å²) in [6.45, 7) is 5.94. The summed E-state index contributed by atoms with van der Waals surface area (Å²) in [5.41, 5.74) is 0.671. The molecule has 0 atom stereocenters. The van der Waals surface area contributed by atoms with E-state index in [0.717, 1.165) is 43.6 Å². The number of nitrogens with one attached hydrogen (secondary N) is 1. The monoisotopic (exact) mass is 373 g/mol. The van der Waals surface area contributed by atoms with Crippen LogP contribution in [0.1, 0.15) is 61.3 Å². The fraction of sp³-hybridized carbons (Fsp3) is 0.812. The second-order valence-electron chi connectivity index (χ2n) is 7.00. The van der Waals surface area contributed by atoms with Gasteiger partial charge in [0.05, 0.1) is 16.7 Å². The van der Waals surface area contributed by atoms with Gasteiger partial charge in [-0.15, -0.1) is 5.10 Å². The number of aryl methyl sites for hydroxylation is 1. The quantitative estimate of drug-likeness (QED) is 0.793. The van der Waals surface area contributed by atoms with E-state index in [2.05, 4.69) is 14.9 Å². The molecule has 0 radical (unpaired) electrons. The molecule has 2 rings (SSSR count). The zero-order valence-corrected chi connectivity index (χ0v) is 16.3. The normalized spacial score (nSPS) is 21.8. The Labute approximate surface area is 148 Å². The van der Waals surface area contributed by atoms with Crippen LogP contribution in [0.4, 0.5) is 0 Å². The fourth-order valence-corrected chi connectivity index (χ4v) is 5.07. The van der Waals surface area contributed by atoms with Gasteiger partial charge in [-0.2, -0.15) is 0 Å². The van der Waals surface area contributed by atoms with Gasteiger partial charge < -0.3 is 5.32 Å². The second-order valence-corrected chi connectivity index (χ2v) is 10.4. The smallest absolute Gasteiger partial charge is 0.264 e. The Morgan fingerprint density at radius 3 is 2.42 bits per heavy atom. The highest BCUT2D eigenvalue weighted by Crippen LogP contribution is 2.32. The molecule has 0 spiro atoms. The van der Waals surface area contributed by atoms with Crippen molar-refractivity contribution >= 4 is 27.3 Å². The van der Waals surface area contributed by atoms with Crippen LogP contribution in [0.2, 0.25) is 0 Å². The van der Waals surface area contributed by atoms with Crippen molar-refractivity contribution < 1.29 is 13.2 Å². The molecule has 1 saturated carbocycles. The zero-order valence-electron chi connectivity index (χ0n) is 14.6. The maximum absolute atomic E-state index is 12.0. The summed E-state index contributed by atoms with van der Waals surface area (Å²) >= 11 is 1.12. The molecular weight excluding hydrogens is 346 g/mol. The molecule has 1 fully saturated rings. The Bertz CT molecular complexity index is 647. The molecule has 1 aromatic rings. The lowest BCUT2D eigenvalue weighted by Gasteiger charge is -2.28. The molecule has 0 saturated heterocycles. The lowest BCUT2D eigenvalue weighted by Crippen LogP contribution is -2.29. The van der Waals surface area contributed by atoms with Gasteiger partial charge in [0.1, 0.15) is 4.88 Å². The number of aromatic nitrogens is 2. The van der Waals surface area contributed by atoms with E-state index >= 15 is 0 Å². The predicted molar refractivity (Wildman–Crippen MR) is 96.0 cm³/mol. The van der Waals surface area contributed by atoms with Gasteiger partial charge in [-0.05, 0) is 63.4 Å². The van der Waals surface area contributed by atoms with Gasteiger partial charge in [0.2, 0.25) is 0 Å². The molecule has 1 aliphatic carbocycles. The van der Waals surface area contributed by atoms with Crippen molar-refractivity contribution in [2.24, 2.45) is 11.8 Å². The molecule has 136 valence electrons. The van der Waals surface area contributed by atoms with Crippen LogP contribution in [0.3, 0.4) is 0 Å². The van der Waals surface area contributed by atoms with Gasteiger partial charge in [-0.3, -0.25) is 4.79 Å². The number of carbonyl (C=O) groups excluding carboxylic acids is 1. The maximum atomic E-state index is 12.0. The standard InChI is InChI=1S/C16H27N3O3S2/c1-11(2)24(21,22)10-14-6-4-13(5-7-14)8-9-17-16(20)15-12(3)18-19-23-15/h11,13-14H,4-10H2,1-3H3,(H,17,20). The summed E-state index contributed by atoms with van der Waals surface area (Å²) in [7, 11) is -2.94. The number of carbonyl (C=O) groups is 1. The highest BCUT2D eigenvalue weighted by atomic mass is 32.2.